The molecule has 1 N–H and O–H groups in total. The van der Waals surface area contributed by atoms with Gasteiger partial charge in [0.15, 0.2) is 0 Å². The summed E-state index contributed by atoms with van der Waals surface area (Å²) in [6.07, 6.45) is 0. The summed E-state index contributed by atoms with van der Waals surface area (Å²) in [6, 6.07) is 9.81. The summed E-state index contributed by atoms with van der Waals surface area (Å²) in [5.41, 5.74) is 1.91. The van der Waals surface area contributed by atoms with Crippen molar-refractivity contribution < 1.29 is 14.5 Å². The van der Waals surface area contributed by atoms with Crippen LogP contribution in [0, 0.1) is 24.0 Å². The van der Waals surface area contributed by atoms with Gasteiger partial charge in [-0.3, -0.25) is 14.9 Å². The fourth-order valence-corrected chi connectivity index (χ4v) is 2.19. The van der Waals surface area contributed by atoms with E-state index in [9.17, 15) is 14.9 Å². The summed E-state index contributed by atoms with van der Waals surface area (Å²) in [4.78, 5) is 23.0. The van der Waals surface area contributed by atoms with Crippen molar-refractivity contribution in [3.8, 4) is 5.75 Å². The number of para-hydroxylation sites is 1. The van der Waals surface area contributed by atoms with E-state index in [-0.39, 0.29) is 11.4 Å². The Hall–Kier alpha value is -2.89. The van der Waals surface area contributed by atoms with E-state index in [1.54, 1.807) is 25.1 Å². The van der Waals surface area contributed by atoms with Crippen molar-refractivity contribution in [3.05, 3.63) is 63.2 Å². The van der Waals surface area contributed by atoms with Crippen LogP contribution in [-0.2, 0) is 0 Å². The van der Waals surface area contributed by atoms with Crippen molar-refractivity contribution in [1.29, 1.82) is 0 Å². The third-order valence-corrected chi connectivity index (χ3v) is 3.26. The highest BCUT2D eigenvalue weighted by molar-refractivity contribution is 6.07. The molecule has 0 saturated heterocycles. The topological polar surface area (TPSA) is 81.5 Å². The highest BCUT2D eigenvalue weighted by Gasteiger charge is 2.19. The molecule has 0 unspecified atom stereocenters. The molecule has 0 spiro atoms. The zero-order valence-corrected chi connectivity index (χ0v) is 12.5. The molecule has 1 amide bonds. The van der Waals surface area contributed by atoms with Crippen LogP contribution in [0.25, 0.3) is 0 Å². The fourth-order valence-electron chi connectivity index (χ4n) is 2.19. The van der Waals surface area contributed by atoms with Crippen LogP contribution in [-0.4, -0.2) is 17.9 Å². The van der Waals surface area contributed by atoms with E-state index in [0.29, 0.717) is 11.3 Å². The first-order valence-electron chi connectivity index (χ1n) is 6.64. The van der Waals surface area contributed by atoms with Gasteiger partial charge in [0.2, 0.25) is 0 Å². The molecule has 6 nitrogen and oxygen atoms in total. The Balaban J connectivity index is 2.38. The summed E-state index contributed by atoms with van der Waals surface area (Å²) in [5, 5.41) is 13.7. The molecule has 0 heterocycles. The van der Waals surface area contributed by atoms with E-state index in [2.05, 4.69) is 5.32 Å². The molecule has 0 aliphatic rings. The molecule has 0 atom stereocenters. The van der Waals surface area contributed by atoms with Crippen molar-refractivity contribution in [2.75, 3.05) is 12.4 Å². The largest absolute Gasteiger partial charge is 0.496 e. The van der Waals surface area contributed by atoms with Gasteiger partial charge in [0.1, 0.15) is 11.4 Å². The number of ether oxygens (including phenoxy) is 1. The van der Waals surface area contributed by atoms with Gasteiger partial charge in [0, 0.05) is 6.07 Å². The van der Waals surface area contributed by atoms with E-state index < -0.39 is 10.8 Å². The van der Waals surface area contributed by atoms with Crippen LogP contribution in [0.5, 0.6) is 5.75 Å². The summed E-state index contributed by atoms with van der Waals surface area (Å²) < 4.78 is 5.24. The van der Waals surface area contributed by atoms with E-state index >= 15 is 0 Å². The van der Waals surface area contributed by atoms with Crippen LogP contribution >= 0.6 is 0 Å². The third kappa shape index (κ3) is 3.06. The van der Waals surface area contributed by atoms with Gasteiger partial charge in [-0.2, -0.15) is 0 Å². The first kappa shape index (κ1) is 15.5. The number of nitrogens with zero attached hydrogens (tertiary/aromatic N) is 1. The molecule has 0 bridgehead atoms. The first-order chi connectivity index (χ1) is 10.4. The van der Waals surface area contributed by atoms with Crippen LogP contribution < -0.4 is 10.1 Å². The zero-order chi connectivity index (χ0) is 16.3. The highest BCUT2D eigenvalue weighted by atomic mass is 16.6. The minimum Gasteiger partial charge on any atom is -0.496 e. The third-order valence-electron chi connectivity index (χ3n) is 3.26. The van der Waals surface area contributed by atoms with Crippen molar-refractivity contribution in [2.45, 2.75) is 13.8 Å². The summed E-state index contributed by atoms with van der Waals surface area (Å²) >= 11 is 0. The van der Waals surface area contributed by atoms with Gasteiger partial charge in [0.05, 0.1) is 17.6 Å². The molecule has 22 heavy (non-hydrogen) atoms. The number of amides is 1. The molecule has 0 aliphatic heterocycles. The summed E-state index contributed by atoms with van der Waals surface area (Å²) in [6.45, 7) is 3.58. The minimum absolute atomic E-state index is 0.139. The van der Waals surface area contributed by atoms with Gasteiger partial charge in [-0.25, -0.2) is 0 Å². The number of benzene rings is 2. The van der Waals surface area contributed by atoms with Crippen molar-refractivity contribution in [2.24, 2.45) is 0 Å². The second kappa shape index (κ2) is 6.26. The predicted octanol–water partition coefficient (Wildman–Crippen LogP) is 3.47. The normalized spacial score (nSPS) is 10.1. The molecule has 0 aromatic heterocycles. The molecular formula is C16H16N2O4. The lowest BCUT2D eigenvalue weighted by Crippen LogP contribution is -2.14. The second-order valence-corrected chi connectivity index (χ2v) is 4.89. The number of nitro benzene ring substituents is 1. The van der Waals surface area contributed by atoms with Gasteiger partial charge in [0.25, 0.3) is 11.6 Å². The molecule has 0 aliphatic carbocycles. The average molecular weight is 300 g/mol. The van der Waals surface area contributed by atoms with Gasteiger partial charge in [-0.05, 0) is 37.1 Å². The maximum absolute atomic E-state index is 12.4. The van der Waals surface area contributed by atoms with Crippen LogP contribution in [0.4, 0.5) is 11.4 Å². The number of hydrogen-bond donors (Lipinski definition) is 1. The number of nitro groups is 1. The standard InChI is InChI=1S/C16H16N2O4/c1-10-7-8-13(14(9-10)18(20)21)17-16(19)12-6-4-5-11(2)15(12)22-3/h4-9H,1-3H3,(H,17,19). The van der Waals surface area contributed by atoms with Crippen LogP contribution in [0.2, 0.25) is 0 Å². The maximum atomic E-state index is 12.4. The molecule has 0 fully saturated rings. The SMILES string of the molecule is COc1c(C)cccc1C(=O)Nc1ccc(C)cc1[N+](=O)[O-]. The van der Waals surface area contributed by atoms with Crippen LogP contribution in [0.3, 0.4) is 0 Å². The Morgan fingerprint density at radius 1 is 1.23 bits per heavy atom. The second-order valence-electron chi connectivity index (χ2n) is 4.89. The number of methoxy groups -OCH3 is 1. The zero-order valence-electron chi connectivity index (χ0n) is 12.5. The average Bonchev–Trinajstić information content (AvgIpc) is 2.48. The molecule has 114 valence electrons. The van der Waals surface area contributed by atoms with E-state index in [1.165, 1.54) is 19.2 Å². The summed E-state index contributed by atoms with van der Waals surface area (Å²) in [7, 11) is 1.48. The molecule has 2 aromatic rings. The minimum atomic E-state index is -0.518. The van der Waals surface area contributed by atoms with Crippen LogP contribution in [0.15, 0.2) is 36.4 Å². The number of carbonyl (C=O) groups is 1. The number of rotatable bonds is 4. The molecule has 6 heteroatoms. The number of aryl methyl sites for hydroxylation is 2. The number of carbonyl (C=O) groups excluding carboxylic acids is 1. The Bertz CT molecular complexity index is 741. The lowest BCUT2D eigenvalue weighted by Gasteiger charge is -2.11. The molecule has 0 saturated carbocycles. The van der Waals surface area contributed by atoms with Crippen molar-refractivity contribution in [1.82, 2.24) is 0 Å². The molecular weight excluding hydrogens is 284 g/mol. The highest BCUT2D eigenvalue weighted by Crippen LogP contribution is 2.28. The number of anilines is 1. The van der Waals surface area contributed by atoms with E-state index in [1.807, 2.05) is 13.0 Å². The van der Waals surface area contributed by atoms with E-state index in [4.69, 9.17) is 4.74 Å². The monoisotopic (exact) mass is 300 g/mol. The molecule has 0 radical (unpaired) electrons. The van der Waals surface area contributed by atoms with E-state index in [0.717, 1.165) is 11.1 Å². The van der Waals surface area contributed by atoms with Gasteiger partial charge < -0.3 is 10.1 Å². The number of hydrogen-bond acceptors (Lipinski definition) is 4. The predicted molar refractivity (Wildman–Crippen MR) is 83.5 cm³/mol. The lowest BCUT2D eigenvalue weighted by molar-refractivity contribution is -0.384. The Morgan fingerprint density at radius 3 is 2.59 bits per heavy atom. The Kier molecular flexibility index (Phi) is 4.41. The molecule has 2 aromatic carbocycles. The van der Waals surface area contributed by atoms with Crippen molar-refractivity contribution >= 4 is 17.3 Å². The van der Waals surface area contributed by atoms with Gasteiger partial charge in [-0.15, -0.1) is 0 Å². The van der Waals surface area contributed by atoms with Gasteiger partial charge >= 0.3 is 0 Å². The Labute approximate surface area is 127 Å². The Morgan fingerprint density at radius 2 is 1.95 bits per heavy atom. The summed E-state index contributed by atoms with van der Waals surface area (Å²) in [5.74, 6) is 0.00210. The van der Waals surface area contributed by atoms with Crippen molar-refractivity contribution in [3.63, 3.8) is 0 Å². The fraction of sp³-hybridized carbons (Fsp3) is 0.188. The quantitative estimate of drug-likeness (QED) is 0.692. The first-order valence-corrected chi connectivity index (χ1v) is 6.64. The smallest absolute Gasteiger partial charge is 0.293 e. The lowest BCUT2D eigenvalue weighted by atomic mass is 10.1. The molecule has 2 rings (SSSR count). The van der Waals surface area contributed by atoms with Crippen LogP contribution in [0.1, 0.15) is 21.5 Å². The van der Waals surface area contributed by atoms with Gasteiger partial charge in [-0.1, -0.05) is 18.2 Å². The maximum Gasteiger partial charge on any atom is 0.293 e. The number of nitrogens with one attached hydrogen (secondary N) is 1.